The molecule has 2 atom stereocenters. The highest BCUT2D eigenvalue weighted by atomic mass is 16.5. The Morgan fingerprint density at radius 1 is 1.41 bits per heavy atom. The van der Waals surface area contributed by atoms with Crippen LogP contribution in [-0.2, 0) is 9.53 Å². The molecule has 0 radical (unpaired) electrons. The average Bonchev–Trinajstić information content (AvgIpc) is 3.08. The number of nitrogens with zero attached hydrogens (tertiary/aromatic N) is 1. The van der Waals surface area contributed by atoms with Gasteiger partial charge in [0.15, 0.2) is 0 Å². The number of esters is 1. The molecule has 2 aliphatic carbocycles. The van der Waals surface area contributed by atoms with Crippen LogP contribution in [0.5, 0.6) is 0 Å². The third-order valence-corrected chi connectivity index (χ3v) is 4.08. The maximum Gasteiger partial charge on any atom is 0.325 e. The molecule has 0 aliphatic heterocycles. The van der Waals surface area contributed by atoms with E-state index in [4.69, 9.17) is 10.5 Å². The summed E-state index contributed by atoms with van der Waals surface area (Å²) in [7, 11) is 1.43. The maximum absolute atomic E-state index is 11.7. The van der Waals surface area contributed by atoms with Crippen molar-refractivity contribution in [1.29, 1.82) is 0 Å². The monoisotopic (exact) mass is 240 g/mol. The second-order valence-corrected chi connectivity index (χ2v) is 5.51. The van der Waals surface area contributed by atoms with E-state index in [0.717, 1.165) is 31.8 Å². The summed E-state index contributed by atoms with van der Waals surface area (Å²) in [6.45, 7) is 3.34. The normalized spacial score (nSPS) is 33.1. The first-order chi connectivity index (χ1) is 8.10. The zero-order valence-electron chi connectivity index (χ0n) is 10.9. The minimum atomic E-state index is -0.736. The molecule has 2 unspecified atom stereocenters. The standard InChI is InChI=1S/C13H24N2O2/c1-3-8-15(10-4-5-10)11-6-7-13(14,9-11)12(16)17-2/h10-11H,3-9,14H2,1-2H3. The summed E-state index contributed by atoms with van der Waals surface area (Å²) in [5, 5.41) is 0. The van der Waals surface area contributed by atoms with Gasteiger partial charge in [-0.05, 0) is 45.1 Å². The Bertz CT molecular complexity index is 291. The Balaban J connectivity index is 1.97. The minimum absolute atomic E-state index is 0.243. The lowest BCUT2D eigenvalue weighted by Gasteiger charge is -2.29. The van der Waals surface area contributed by atoms with Crippen molar-refractivity contribution < 1.29 is 9.53 Å². The minimum Gasteiger partial charge on any atom is -0.468 e. The number of carbonyl (C=O) groups is 1. The molecule has 2 aliphatic rings. The molecule has 0 aromatic rings. The quantitative estimate of drug-likeness (QED) is 0.736. The Kier molecular flexibility index (Phi) is 3.73. The molecule has 0 bridgehead atoms. The van der Waals surface area contributed by atoms with Crippen LogP contribution in [0.25, 0.3) is 0 Å². The molecule has 4 heteroatoms. The van der Waals surface area contributed by atoms with Crippen LogP contribution < -0.4 is 5.73 Å². The molecule has 98 valence electrons. The second-order valence-electron chi connectivity index (χ2n) is 5.51. The molecule has 0 aromatic carbocycles. The molecule has 0 aromatic heterocycles. The first-order valence-corrected chi connectivity index (χ1v) is 6.74. The molecule has 2 saturated carbocycles. The van der Waals surface area contributed by atoms with Gasteiger partial charge in [-0.2, -0.15) is 0 Å². The van der Waals surface area contributed by atoms with Crippen molar-refractivity contribution in [2.24, 2.45) is 5.73 Å². The van der Waals surface area contributed by atoms with Crippen molar-refractivity contribution in [1.82, 2.24) is 4.90 Å². The van der Waals surface area contributed by atoms with Crippen LogP contribution in [0.4, 0.5) is 0 Å². The fourth-order valence-electron chi connectivity index (χ4n) is 3.05. The van der Waals surface area contributed by atoms with Crippen molar-refractivity contribution >= 4 is 5.97 Å². The van der Waals surface area contributed by atoms with Crippen molar-refractivity contribution in [2.75, 3.05) is 13.7 Å². The van der Waals surface area contributed by atoms with Gasteiger partial charge in [-0.1, -0.05) is 6.92 Å². The average molecular weight is 240 g/mol. The first kappa shape index (κ1) is 12.8. The van der Waals surface area contributed by atoms with E-state index in [2.05, 4.69) is 11.8 Å². The molecule has 0 heterocycles. The fraction of sp³-hybridized carbons (Fsp3) is 0.923. The molecular formula is C13H24N2O2. The summed E-state index contributed by atoms with van der Waals surface area (Å²) in [4.78, 5) is 14.2. The largest absolute Gasteiger partial charge is 0.468 e. The van der Waals surface area contributed by atoms with E-state index < -0.39 is 5.54 Å². The van der Waals surface area contributed by atoms with E-state index in [1.807, 2.05) is 0 Å². The van der Waals surface area contributed by atoms with Crippen LogP contribution >= 0.6 is 0 Å². The number of ether oxygens (including phenoxy) is 1. The fourth-order valence-corrected chi connectivity index (χ4v) is 3.05. The molecule has 0 saturated heterocycles. The van der Waals surface area contributed by atoms with Gasteiger partial charge in [0.25, 0.3) is 0 Å². The lowest BCUT2D eigenvalue weighted by atomic mass is 9.99. The lowest BCUT2D eigenvalue weighted by molar-refractivity contribution is -0.147. The van der Waals surface area contributed by atoms with Gasteiger partial charge in [0, 0.05) is 12.1 Å². The van der Waals surface area contributed by atoms with Gasteiger partial charge in [0.05, 0.1) is 7.11 Å². The highest BCUT2D eigenvalue weighted by molar-refractivity contribution is 5.81. The van der Waals surface area contributed by atoms with Gasteiger partial charge >= 0.3 is 5.97 Å². The molecule has 17 heavy (non-hydrogen) atoms. The van der Waals surface area contributed by atoms with E-state index in [1.54, 1.807) is 0 Å². The van der Waals surface area contributed by atoms with Crippen molar-refractivity contribution in [2.45, 2.75) is 63.1 Å². The van der Waals surface area contributed by atoms with Crippen LogP contribution in [0, 0.1) is 0 Å². The Labute approximate surface area is 103 Å². The van der Waals surface area contributed by atoms with Crippen molar-refractivity contribution in [3.63, 3.8) is 0 Å². The topological polar surface area (TPSA) is 55.6 Å². The van der Waals surface area contributed by atoms with Crippen LogP contribution in [0.15, 0.2) is 0 Å². The molecule has 0 amide bonds. The van der Waals surface area contributed by atoms with E-state index in [0.29, 0.717) is 6.04 Å². The molecule has 2 rings (SSSR count). The predicted octanol–water partition coefficient (Wildman–Crippen LogP) is 1.28. The third kappa shape index (κ3) is 2.63. The number of hydrogen-bond acceptors (Lipinski definition) is 4. The van der Waals surface area contributed by atoms with E-state index >= 15 is 0 Å². The van der Waals surface area contributed by atoms with E-state index in [-0.39, 0.29) is 5.97 Å². The smallest absolute Gasteiger partial charge is 0.325 e. The number of rotatable bonds is 5. The van der Waals surface area contributed by atoms with Gasteiger partial charge < -0.3 is 10.5 Å². The van der Waals surface area contributed by atoms with Crippen LogP contribution in [0.2, 0.25) is 0 Å². The number of hydrogen-bond donors (Lipinski definition) is 1. The Morgan fingerprint density at radius 3 is 2.65 bits per heavy atom. The van der Waals surface area contributed by atoms with Crippen LogP contribution in [0.3, 0.4) is 0 Å². The van der Waals surface area contributed by atoms with Gasteiger partial charge in [0.2, 0.25) is 0 Å². The zero-order chi connectivity index (χ0) is 12.5. The Hall–Kier alpha value is -0.610. The number of carbonyl (C=O) groups excluding carboxylic acids is 1. The third-order valence-electron chi connectivity index (χ3n) is 4.08. The van der Waals surface area contributed by atoms with E-state index in [1.165, 1.54) is 26.4 Å². The van der Waals surface area contributed by atoms with Gasteiger partial charge in [-0.15, -0.1) is 0 Å². The first-order valence-electron chi connectivity index (χ1n) is 6.74. The summed E-state index contributed by atoms with van der Waals surface area (Å²) < 4.78 is 4.82. The molecule has 2 fully saturated rings. The highest BCUT2D eigenvalue weighted by Gasteiger charge is 2.46. The second kappa shape index (κ2) is 4.94. The number of nitrogens with two attached hydrogens (primary N) is 1. The van der Waals surface area contributed by atoms with Crippen molar-refractivity contribution in [3.8, 4) is 0 Å². The van der Waals surface area contributed by atoms with Crippen LogP contribution in [0.1, 0.15) is 45.4 Å². The Morgan fingerprint density at radius 2 is 2.12 bits per heavy atom. The lowest BCUT2D eigenvalue weighted by Crippen LogP contribution is -2.48. The summed E-state index contributed by atoms with van der Waals surface area (Å²) in [5.41, 5.74) is 5.42. The summed E-state index contributed by atoms with van der Waals surface area (Å²) in [6, 6.07) is 1.23. The molecule has 0 spiro atoms. The highest BCUT2D eigenvalue weighted by Crippen LogP contribution is 2.38. The van der Waals surface area contributed by atoms with Crippen molar-refractivity contribution in [3.05, 3.63) is 0 Å². The SMILES string of the molecule is CCCN(C1CC1)C1CCC(N)(C(=O)OC)C1. The van der Waals surface area contributed by atoms with Gasteiger partial charge in [0.1, 0.15) is 5.54 Å². The van der Waals surface area contributed by atoms with Crippen LogP contribution in [-0.4, -0.2) is 42.1 Å². The molecule has 2 N–H and O–H groups in total. The van der Waals surface area contributed by atoms with Gasteiger partial charge in [-0.25, -0.2) is 0 Å². The number of methoxy groups -OCH3 is 1. The summed E-state index contributed by atoms with van der Waals surface area (Å²) >= 11 is 0. The molecular weight excluding hydrogens is 216 g/mol. The summed E-state index contributed by atoms with van der Waals surface area (Å²) in [5.74, 6) is -0.243. The molecule has 4 nitrogen and oxygen atoms in total. The van der Waals surface area contributed by atoms with E-state index in [9.17, 15) is 4.79 Å². The van der Waals surface area contributed by atoms with Gasteiger partial charge in [-0.3, -0.25) is 9.69 Å². The zero-order valence-corrected chi connectivity index (χ0v) is 10.9. The predicted molar refractivity (Wildman–Crippen MR) is 66.6 cm³/mol. The maximum atomic E-state index is 11.7. The summed E-state index contributed by atoms with van der Waals surface area (Å²) in [6.07, 6.45) is 6.34.